The van der Waals surface area contributed by atoms with Crippen LogP contribution in [0.3, 0.4) is 0 Å². The van der Waals surface area contributed by atoms with Gasteiger partial charge in [0, 0.05) is 24.4 Å². The molecule has 1 aromatic heterocycles. The average Bonchev–Trinajstić information content (AvgIpc) is 2.61. The number of hydrogen-bond acceptors (Lipinski definition) is 2. The van der Waals surface area contributed by atoms with E-state index in [0.717, 1.165) is 31.8 Å². The minimum absolute atomic E-state index is 0.532. The predicted molar refractivity (Wildman–Crippen MR) is 61.8 cm³/mol. The summed E-state index contributed by atoms with van der Waals surface area (Å²) in [6, 6.07) is 0. The Morgan fingerprint density at radius 3 is 3.07 bits per heavy atom. The highest BCUT2D eigenvalue weighted by Crippen LogP contribution is 2.26. The van der Waals surface area contributed by atoms with E-state index in [1.807, 2.05) is 0 Å². The Labute approximate surface area is 91.7 Å². The van der Waals surface area contributed by atoms with Gasteiger partial charge >= 0.3 is 0 Å². The van der Waals surface area contributed by atoms with Crippen molar-refractivity contribution in [2.75, 3.05) is 6.54 Å². The number of nitrogens with zero attached hydrogens (tertiary/aromatic N) is 2. The molecule has 1 atom stereocenters. The summed E-state index contributed by atoms with van der Waals surface area (Å²) in [5.74, 6) is 2.56. The molecule has 2 N–H and O–H groups in total. The first kappa shape index (κ1) is 10.7. The van der Waals surface area contributed by atoms with Crippen LogP contribution in [0, 0.1) is 5.92 Å². The van der Waals surface area contributed by atoms with Crippen molar-refractivity contribution in [1.82, 2.24) is 9.55 Å². The lowest BCUT2D eigenvalue weighted by Crippen LogP contribution is -2.22. The van der Waals surface area contributed by atoms with Gasteiger partial charge in [0.1, 0.15) is 5.82 Å². The van der Waals surface area contributed by atoms with E-state index in [1.165, 1.54) is 17.9 Å². The average molecular weight is 207 g/mol. The zero-order valence-corrected chi connectivity index (χ0v) is 9.74. The molecule has 0 bridgehead atoms. The van der Waals surface area contributed by atoms with Gasteiger partial charge in [-0.3, -0.25) is 0 Å². The normalized spacial score (nSPS) is 20.7. The van der Waals surface area contributed by atoms with Crippen LogP contribution in [0.15, 0.2) is 6.20 Å². The summed E-state index contributed by atoms with van der Waals surface area (Å²) < 4.78 is 2.40. The van der Waals surface area contributed by atoms with Gasteiger partial charge in [0.15, 0.2) is 0 Å². The lowest BCUT2D eigenvalue weighted by Gasteiger charge is -2.25. The second-order valence-electron chi connectivity index (χ2n) is 4.85. The molecule has 1 aromatic rings. The molecule has 15 heavy (non-hydrogen) atoms. The fourth-order valence-electron chi connectivity index (χ4n) is 2.50. The molecule has 0 aromatic carbocycles. The van der Waals surface area contributed by atoms with Crippen molar-refractivity contribution in [1.29, 1.82) is 0 Å². The van der Waals surface area contributed by atoms with Crippen molar-refractivity contribution >= 4 is 0 Å². The molecule has 0 amide bonds. The lowest BCUT2D eigenvalue weighted by atomic mass is 9.93. The zero-order valence-electron chi connectivity index (χ0n) is 9.74. The number of imidazole rings is 1. The van der Waals surface area contributed by atoms with Crippen molar-refractivity contribution in [3.8, 4) is 0 Å². The second kappa shape index (κ2) is 4.35. The van der Waals surface area contributed by atoms with Crippen LogP contribution in [0.1, 0.15) is 44.1 Å². The van der Waals surface area contributed by atoms with Crippen LogP contribution in [0.25, 0.3) is 0 Å². The third-order valence-corrected chi connectivity index (χ3v) is 3.32. The first-order chi connectivity index (χ1) is 7.22. The highest BCUT2D eigenvalue weighted by molar-refractivity contribution is 5.11. The molecule has 2 rings (SSSR count). The molecule has 3 heteroatoms. The Kier molecular flexibility index (Phi) is 3.10. The van der Waals surface area contributed by atoms with E-state index in [0.29, 0.717) is 5.92 Å². The number of aromatic nitrogens is 2. The molecule has 1 aliphatic rings. The van der Waals surface area contributed by atoms with Gasteiger partial charge in [-0.1, -0.05) is 13.8 Å². The Bertz CT molecular complexity index is 328. The maximum Gasteiger partial charge on any atom is 0.111 e. The Hall–Kier alpha value is -0.830. The van der Waals surface area contributed by atoms with E-state index in [1.54, 1.807) is 0 Å². The zero-order chi connectivity index (χ0) is 10.8. The van der Waals surface area contributed by atoms with Crippen LogP contribution in [-0.4, -0.2) is 16.1 Å². The van der Waals surface area contributed by atoms with E-state index in [9.17, 15) is 0 Å². The largest absolute Gasteiger partial charge is 0.332 e. The molecule has 0 saturated heterocycles. The van der Waals surface area contributed by atoms with Crippen molar-refractivity contribution in [2.24, 2.45) is 11.7 Å². The van der Waals surface area contributed by atoms with Gasteiger partial charge in [0.25, 0.3) is 0 Å². The van der Waals surface area contributed by atoms with E-state index in [4.69, 9.17) is 5.73 Å². The molecule has 0 spiro atoms. The Morgan fingerprint density at radius 2 is 2.40 bits per heavy atom. The number of fused-ring (bicyclic) bond motifs is 1. The third-order valence-electron chi connectivity index (χ3n) is 3.32. The number of nitrogens with two attached hydrogens (primary N) is 1. The van der Waals surface area contributed by atoms with Crippen molar-refractivity contribution < 1.29 is 0 Å². The summed E-state index contributed by atoms with van der Waals surface area (Å²) in [6.07, 6.45) is 5.64. The summed E-state index contributed by atoms with van der Waals surface area (Å²) in [6.45, 7) is 6.37. The van der Waals surface area contributed by atoms with Crippen LogP contribution in [0.2, 0.25) is 0 Å². The highest BCUT2D eigenvalue weighted by atomic mass is 15.1. The minimum Gasteiger partial charge on any atom is -0.332 e. The van der Waals surface area contributed by atoms with Crippen molar-refractivity contribution in [2.45, 2.75) is 45.6 Å². The van der Waals surface area contributed by atoms with Gasteiger partial charge in [-0.05, 0) is 31.7 Å². The molecule has 3 nitrogen and oxygen atoms in total. The molecular formula is C12H21N3. The summed E-state index contributed by atoms with van der Waals surface area (Å²) in [7, 11) is 0. The summed E-state index contributed by atoms with van der Waals surface area (Å²) >= 11 is 0. The third kappa shape index (κ3) is 2.07. The van der Waals surface area contributed by atoms with E-state index >= 15 is 0 Å². The topological polar surface area (TPSA) is 43.8 Å². The van der Waals surface area contributed by atoms with Crippen LogP contribution >= 0.6 is 0 Å². The van der Waals surface area contributed by atoms with E-state index < -0.39 is 0 Å². The molecule has 0 radical (unpaired) electrons. The fraction of sp³-hybridized carbons (Fsp3) is 0.750. The highest BCUT2D eigenvalue weighted by Gasteiger charge is 2.21. The van der Waals surface area contributed by atoms with Crippen molar-refractivity contribution in [3.63, 3.8) is 0 Å². The van der Waals surface area contributed by atoms with Crippen molar-refractivity contribution in [3.05, 3.63) is 17.7 Å². The Balaban J connectivity index is 2.15. The molecule has 2 heterocycles. The first-order valence-corrected chi connectivity index (χ1v) is 5.96. The maximum atomic E-state index is 5.61. The maximum absolute atomic E-state index is 5.61. The van der Waals surface area contributed by atoms with Crippen LogP contribution in [0.5, 0.6) is 0 Å². The summed E-state index contributed by atoms with van der Waals surface area (Å²) in [5.41, 5.74) is 7.02. The van der Waals surface area contributed by atoms with Gasteiger partial charge < -0.3 is 10.3 Å². The molecule has 1 unspecified atom stereocenters. The number of rotatable bonds is 3. The molecule has 0 aliphatic carbocycles. The van der Waals surface area contributed by atoms with E-state index in [2.05, 4.69) is 29.6 Å². The smallest absolute Gasteiger partial charge is 0.111 e. The van der Waals surface area contributed by atoms with Gasteiger partial charge in [0.2, 0.25) is 0 Å². The van der Waals surface area contributed by atoms with E-state index in [-0.39, 0.29) is 0 Å². The van der Waals surface area contributed by atoms with Gasteiger partial charge in [-0.25, -0.2) is 4.98 Å². The minimum atomic E-state index is 0.532. The van der Waals surface area contributed by atoms with Crippen LogP contribution in [-0.2, 0) is 13.0 Å². The number of hydrogen-bond donors (Lipinski definition) is 1. The monoisotopic (exact) mass is 207 g/mol. The van der Waals surface area contributed by atoms with Crippen LogP contribution < -0.4 is 5.73 Å². The second-order valence-corrected chi connectivity index (χ2v) is 4.85. The van der Waals surface area contributed by atoms with Gasteiger partial charge in [-0.15, -0.1) is 0 Å². The van der Waals surface area contributed by atoms with Crippen LogP contribution in [0.4, 0.5) is 0 Å². The predicted octanol–water partition coefficient (Wildman–Crippen LogP) is 1.92. The first-order valence-electron chi connectivity index (χ1n) is 5.96. The Morgan fingerprint density at radius 1 is 1.60 bits per heavy atom. The fourth-order valence-corrected chi connectivity index (χ4v) is 2.50. The summed E-state index contributed by atoms with van der Waals surface area (Å²) in [4.78, 5) is 4.52. The lowest BCUT2D eigenvalue weighted by molar-refractivity contribution is 0.364. The standard InChI is InChI=1S/C12H21N3/c1-9(2)12-14-8-11-7-10(3-5-13)4-6-15(11)12/h8-10H,3-7,13H2,1-2H3. The molecule has 0 fully saturated rings. The molecule has 84 valence electrons. The summed E-state index contributed by atoms with van der Waals surface area (Å²) in [5, 5.41) is 0. The molecule has 1 aliphatic heterocycles. The quantitative estimate of drug-likeness (QED) is 0.823. The van der Waals surface area contributed by atoms with Gasteiger partial charge in [0.05, 0.1) is 0 Å². The molecular weight excluding hydrogens is 186 g/mol. The van der Waals surface area contributed by atoms with Gasteiger partial charge in [-0.2, -0.15) is 0 Å². The SMILES string of the molecule is CC(C)c1ncc2n1CCC(CCN)C2. The molecule has 0 saturated carbocycles.